The first-order chi connectivity index (χ1) is 12.5. The molecule has 0 N–H and O–H groups in total. The van der Waals surface area contributed by atoms with Crippen molar-refractivity contribution in [1.82, 2.24) is 0 Å². The third-order valence-corrected chi connectivity index (χ3v) is 4.23. The number of ketones is 1. The van der Waals surface area contributed by atoms with Gasteiger partial charge in [0.1, 0.15) is 5.82 Å². The summed E-state index contributed by atoms with van der Waals surface area (Å²) in [4.78, 5) is 12.6. The molecule has 0 bridgehead atoms. The molecule has 8 heteroatoms. The fourth-order valence-corrected chi connectivity index (χ4v) is 2.70. The Morgan fingerprint density at radius 3 is 1.57 bits per heavy atom. The second-order valence-electron chi connectivity index (χ2n) is 7.52. The Morgan fingerprint density at radius 2 is 1.21 bits per heavy atom. The fraction of sp³-hybridized carbons (Fsp3) is 0.350. The highest BCUT2D eigenvalue weighted by molar-refractivity contribution is 6.10. The van der Waals surface area contributed by atoms with E-state index < -0.39 is 51.6 Å². The van der Waals surface area contributed by atoms with Crippen LogP contribution >= 0.6 is 0 Å². The lowest BCUT2D eigenvalue weighted by Crippen LogP contribution is -2.17. The van der Waals surface area contributed by atoms with Crippen LogP contribution in [0.15, 0.2) is 30.3 Å². The molecular weight excluding hydrogens is 389 g/mol. The first kappa shape index (κ1) is 21.9. The fourth-order valence-electron chi connectivity index (χ4n) is 2.70. The summed E-state index contributed by atoms with van der Waals surface area (Å²) < 4.78 is 92.5. The quantitative estimate of drug-likeness (QED) is 0.401. The van der Waals surface area contributed by atoms with Crippen LogP contribution in [-0.4, -0.2) is 5.78 Å². The van der Waals surface area contributed by atoms with E-state index in [9.17, 15) is 35.5 Å². The highest BCUT2D eigenvalue weighted by Crippen LogP contribution is 2.37. The number of hydrogen-bond donors (Lipinski definition) is 0. The molecule has 2 aromatic carbocycles. The van der Waals surface area contributed by atoms with E-state index in [0.29, 0.717) is 17.7 Å². The predicted octanol–water partition coefficient (Wildman–Crippen LogP) is 6.70. The van der Waals surface area contributed by atoms with Crippen LogP contribution in [0.5, 0.6) is 0 Å². The van der Waals surface area contributed by atoms with E-state index in [0.717, 1.165) is 6.07 Å². The number of hydrogen-bond acceptors (Lipinski definition) is 1. The van der Waals surface area contributed by atoms with Gasteiger partial charge in [-0.3, -0.25) is 4.79 Å². The SMILES string of the molecule is Cc1cc(C(C)(C)C)cc(F)c1C(=O)c1cc(C(F)(F)F)cc(C(F)(F)F)c1. The monoisotopic (exact) mass is 406 g/mol. The van der Waals surface area contributed by atoms with Gasteiger partial charge in [0.05, 0.1) is 16.7 Å². The summed E-state index contributed by atoms with van der Waals surface area (Å²) in [5.74, 6) is -2.24. The third-order valence-electron chi connectivity index (χ3n) is 4.23. The molecule has 0 saturated carbocycles. The second kappa shape index (κ2) is 6.90. The van der Waals surface area contributed by atoms with Crippen molar-refractivity contribution in [2.75, 3.05) is 0 Å². The van der Waals surface area contributed by atoms with E-state index in [2.05, 4.69) is 0 Å². The Kier molecular flexibility index (Phi) is 5.40. The van der Waals surface area contributed by atoms with Crippen molar-refractivity contribution >= 4 is 5.78 Å². The first-order valence-electron chi connectivity index (χ1n) is 8.16. The van der Waals surface area contributed by atoms with E-state index in [-0.39, 0.29) is 11.6 Å². The topological polar surface area (TPSA) is 17.1 Å². The standard InChI is InChI=1S/C20H17F7O/c1-10-5-12(18(2,3)4)9-15(21)16(10)17(28)11-6-13(19(22,23)24)8-14(7-11)20(25,26)27/h5-9H,1-4H3. The van der Waals surface area contributed by atoms with Crippen LogP contribution in [0.3, 0.4) is 0 Å². The van der Waals surface area contributed by atoms with Gasteiger partial charge in [0.15, 0.2) is 5.78 Å². The Hall–Kier alpha value is -2.38. The molecule has 0 spiro atoms. The zero-order chi connectivity index (χ0) is 21.7. The maximum atomic E-state index is 14.6. The molecule has 0 aliphatic rings. The number of aryl methyl sites for hydroxylation is 1. The van der Waals surface area contributed by atoms with E-state index in [4.69, 9.17) is 0 Å². The lowest BCUT2D eigenvalue weighted by Gasteiger charge is -2.21. The molecule has 0 aliphatic heterocycles. The second-order valence-corrected chi connectivity index (χ2v) is 7.52. The average Bonchev–Trinajstić information content (AvgIpc) is 2.51. The van der Waals surface area contributed by atoms with Crippen LogP contribution in [0.1, 0.15) is 58.9 Å². The molecule has 0 amide bonds. The molecule has 0 aromatic heterocycles. The van der Waals surface area contributed by atoms with Gasteiger partial charge < -0.3 is 0 Å². The highest BCUT2D eigenvalue weighted by Gasteiger charge is 2.38. The van der Waals surface area contributed by atoms with Crippen molar-refractivity contribution in [2.45, 2.75) is 45.5 Å². The molecule has 1 nitrogen and oxygen atoms in total. The molecular formula is C20H17F7O. The van der Waals surface area contributed by atoms with Crippen molar-refractivity contribution in [3.63, 3.8) is 0 Å². The normalized spacial score (nSPS) is 13.0. The van der Waals surface area contributed by atoms with Crippen LogP contribution in [0.4, 0.5) is 30.7 Å². The predicted molar refractivity (Wildman–Crippen MR) is 89.7 cm³/mol. The lowest BCUT2D eigenvalue weighted by molar-refractivity contribution is -0.143. The molecule has 0 saturated heterocycles. The van der Waals surface area contributed by atoms with E-state index >= 15 is 0 Å². The number of alkyl halides is 6. The smallest absolute Gasteiger partial charge is 0.288 e. The van der Waals surface area contributed by atoms with Gasteiger partial charge in [-0.25, -0.2) is 4.39 Å². The molecule has 0 atom stereocenters. The maximum Gasteiger partial charge on any atom is 0.416 e. The summed E-state index contributed by atoms with van der Waals surface area (Å²) >= 11 is 0. The average molecular weight is 406 g/mol. The molecule has 28 heavy (non-hydrogen) atoms. The summed E-state index contributed by atoms with van der Waals surface area (Å²) in [7, 11) is 0. The Bertz CT molecular complexity index is 860. The van der Waals surface area contributed by atoms with Gasteiger partial charge in [-0.05, 0) is 47.7 Å². The largest absolute Gasteiger partial charge is 0.416 e. The molecule has 0 fully saturated rings. The zero-order valence-electron chi connectivity index (χ0n) is 15.4. The molecule has 0 aliphatic carbocycles. The number of rotatable bonds is 2. The summed E-state index contributed by atoms with van der Waals surface area (Å²) in [6.45, 7) is 6.77. The van der Waals surface area contributed by atoms with Crippen molar-refractivity contribution < 1.29 is 35.5 Å². The number of halogens is 7. The Balaban J connectivity index is 2.67. The van der Waals surface area contributed by atoms with Gasteiger partial charge in [-0.1, -0.05) is 26.8 Å². The number of carbonyl (C=O) groups is 1. The van der Waals surface area contributed by atoms with Crippen molar-refractivity contribution in [3.8, 4) is 0 Å². The van der Waals surface area contributed by atoms with Crippen molar-refractivity contribution in [2.24, 2.45) is 0 Å². The van der Waals surface area contributed by atoms with E-state index in [1.54, 1.807) is 20.8 Å². The third kappa shape index (κ3) is 4.54. The lowest BCUT2D eigenvalue weighted by atomic mass is 9.84. The summed E-state index contributed by atoms with van der Waals surface area (Å²) in [6.07, 6.45) is -10.2. The number of benzene rings is 2. The summed E-state index contributed by atoms with van der Waals surface area (Å²) in [6, 6.07) is 3.08. The van der Waals surface area contributed by atoms with Gasteiger partial charge in [0, 0.05) is 5.56 Å². The molecule has 0 unspecified atom stereocenters. The van der Waals surface area contributed by atoms with Gasteiger partial charge >= 0.3 is 12.4 Å². The summed E-state index contributed by atoms with van der Waals surface area (Å²) in [5.41, 5.74) is -4.49. The summed E-state index contributed by atoms with van der Waals surface area (Å²) in [5, 5.41) is 0. The molecule has 2 aromatic rings. The Morgan fingerprint density at radius 1 is 0.750 bits per heavy atom. The van der Waals surface area contributed by atoms with Crippen molar-refractivity contribution in [1.29, 1.82) is 0 Å². The highest BCUT2D eigenvalue weighted by atomic mass is 19.4. The van der Waals surface area contributed by atoms with Crippen LogP contribution in [0, 0.1) is 12.7 Å². The Labute approximate surface area is 157 Å². The van der Waals surface area contributed by atoms with Gasteiger partial charge in [-0.15, -0.1) is 0 Å². The minimum Gasteiger partial charge on any atom is -0.288 e. The van der Waals surface area contributed by atoms with Crippen LogP contribution < -0.4 is 0 Å². The molecule has 2 rings (SSSR count). The van der Waals surface area contributed by atoms with Gasteiger partial charge in [0.25, 0.3) is 0 Å². The minimum atomic E-state index is -5.10. The van der Waals surface area contributed by atoms with Gasteiger partial charge in [0.2, 0.25) is 0 Å². The van der Waals surface area contributed by atoms with Crippen LogP contribution in [0.25, 0.3) is 0 Å². The first-order valence-corrected chi connectivity index (χ1v) is 8.16. The van der Waals surface area contributed by atoms with Gasteiger partial charge in [-0.2, -0.15) is 26.3 Å². The number of carbonyl (C=O) groups excluding carboxylic acids is 1. The van der Waals surface area contributed by atoms with Crippen LogP contribution in [-0.2, 0) is 17.8 Å². The molecule has 152 valence electrons. The maximum absolute atomic E-state index is 14.6. The van der Waals surface area contributed by atoms with Crippen molar-refractivity contribution in [3.05, 3.63) is 69.5 Å². The molecule has 0 heterocycles. The molecule has 0 radical (unpaired) electrons. The van der Waals surface area contributed by atoms with Crippen LogP contribution in [0.2, 0.25) is 0 Å². The van der Waals surface area contributed by atoms with E-state index in [1.165, 1.54) is 13.0 Å². The minimum absolute atomic E-state index is 0.0807. The zero-order valence-corrected chi connectivity index (χ0v) is 15.4. The van der Waals surface area contributed by atoms with E-state index in [1.807, 2.05) is 0 Å².